The third-order valence-electron chi connectivity index (χ3n) is 5.44. The van der Waals surface area contributed by atoms with Crippen molar-refractivity contribution in [3.63, 3.8) is 0 Å². The molecule has 1 aliphatic heterocycles. The molecule has 8 nitrogen and oxygen atoms in total. The van der Waals surface area contributed by atoms with Gasteiger partial charge in [-0.1, -0.05) is 24.3 Å². The molecule has 29 heavy (non-hydrogen) atoms. The molecule has 0 aliphatic carbocycles. The Hall–Kier alpha value is -3.13. The van der Waals surface area contributed by atoms with Gasteiger partial charge >= 0.3 is 5.69 Å². The van der Waals surface area contributed by atoms with E-state index in [-0.39, 0.29) is 24.2 Å². The smallest absolute Gasteiger partial charge is 0.350 e. The van der Waals surface area contributed by atoms with Crippen LogP contribution in [0.25, 0.3) is 5.65 Å². The Kier molecular flexibility index (Phi) is 5.62. The second kappa shape index (κ2) is 8.48. The van der Waals surface area contributed by atoms with Crippen LogP contribution < -0.4 is 15.9 Å². The molecule has 0 saturated carbocycles. The standard InChI is InChI=1S/C21H26N6O2/c1-17(24-11-13-25(14-12-24)18-7-3-2-4-8-18)15-22-20(28)16-27-21(29)26-10-6-5-9-19(26)23-27/h2-10,17H,11-16H2,1H3,(H,22,28). The fraction of sp³-hybridized carbons (Fsp3) is 0.381. The number of para-hydroxylation sites is 1. The Bertz CT molecular complexity index is 1020. The number of hydrogen-bond donors (Lipinski definition) is 1. The number of aromatic nitrogens is 3. The lowest BCUT2D eigenvalue weighted by Crippen LogP contribution is -2.52. The maximum atomic E-state index is 12.3. The molecule has 1 atom stereocenters. The first-order valence-corrected chi connectivity index (χ1v) is 9.97. The molecule has 2 aromatic heterocycles. The molecule has 1 aliphatic rings. The molecule has 1 aromatic carbocycles. The van der Waals surface area contributed by atoms with Crippen LogP contribution in [0.5, 0.6) is 0 Å². The molecule has 1 N–H and O–H groups in total. The monoisotopic (exact) mass is 394 g/mol. The molecule has 0 radical (unpaired) electrons. The maximum Gasteiger partial charge on any atom is 0.350 e. The van der Waals surface area contributed by atoms with Gasteiger partial charge in [0.2, 0.25) is 5.91 Å². The summed E-state index contributed by atoms with van der Waals surface area (Å²) >= 11 is 0. The van der Waals surface area contributed by atoms with Crippen molar-refractivity contribution in [2.45, 2.75) is 19.5 Å². The summed E-state index contributed by atoms with van der Waals surface area (Å²) in [5.74, 6) is -0.203. The van der Waals surface area contributed by atoms with E-state index >= 15 is 0 Å². The number of anilines is 1. The first-order chi connectivity index (χ1) is 14.1. The van der Waals surface area contributed by atoms with Crippen molar-refractivity contribution in [1.29, 1.82) is 0 Å². The lowest BCUT2D eigenvalue weighted by molar-refractivity contribution is -0.122. The summed E-state index contributed by atoms with van der Waals surface area (Å²) in [5, 5.41) is 7.14. The topological polar surface area (TPSA) is 74.9 Å². The molecule has 8 heteroatoms. The summed E-state index contributed by atoms with van der Waals surface area (Å²) in [7, 11) is 0. The van der Waals surface area contributed by atoms with Gasteiger partial charge in [-0.25, -0.2) is 9.48 Å². The number of nitrogens with zero attached hydrogens (tertiary/aromatic N) is 5. The average molecular weight is 394 g/mol. The highest BCUT2D eigenvalue weighted by atomic mass is 16.2. The SMILES string of the molecule is CC(CNC(=O)Cn1nc2ccccn2c1=O)N1CCN(c2ccccc2)CC1. The van der Waals surface area contributed by atoms with Crippen molar-refractivity contribution in [1.82, 2.24) is 24.4 Å². The normalized spacial score (nSPS) is 16.1. The third kappa shape index (κ3) is 4.32. The Morgan fingerprint density at radius 1 is 1.07 bits per heavy atom. The zero-order chi connectivity index (χ0) is 20.2. The predicted molar refractivity (Wildman–Crippen MR) is 112 cm³/mol. The van der Waals surface area contributed by atoms with E-state index in [0.29, 0.717) is 12.2 Å². The third-order valence-corrected chi connectivity index (χ3v) is 5.44. The van der Waals surface area contributed by atoms with E-state index in [1.54, 1.807) is 18.3 Å². The Morgan fingerprint density at radius 2 is 1.79 bits per heavy atom. The largest absolute Gasteiger partial charge is 0.369 e. The second-order valence-corrected chi connectivity index (χ2v) is 7.38. The molecule has 1 fully saturated rings. The van der Waals surface area contributed by atoms with Gasteiger partial charge in [-0.15, -0.1) is 5.10 Å². The fourth-order valence-corrected chi connectivity index (χ4v) is 3.71. The number of carbonyl (C=O) groups excluding carboxylic acids is 1. The molecular weight excluding hydrogens is 368 g/mol. The minimum atomic E-state index is -0.305. The number of rotatable bonds is 6. The van der Waals surface area contributed by atoms with Crippen LogP contribution in [0.1, 0.15) is 6.92 Å². The van der Waals surface area contributed by atoms with Crippen LogP contribution in [0.3, 0.4) is 0 Å². The molecule has 0 bridgehead atoms. The minimum Gasteiger partial charge on any atom is -0.369 e. The lowest BCUT2D eigenvalue weighted by Gasteiger charge is -2.39. The van der Waals surface area contributed by atoms with E-state index in [0.717, 1.165) is 26.2 Å². The van der Waals surface area contributed by atoms with Gasteiger partial charge in [0, 0.05) is 50.6 Å². The first kappa shape index (κ1) is 19.2. The van der Waals surface area contributed by atoms with Crippen molar-refractivity contribution in [3.8, 4) is 0 Å². The van der Waals surface area contributed by atoms with Crippen LogP contribution in [0.15, 0.2) is 59.5 Å². The van der Waals surface area contributed by atoms with Crippen molar-refractivity contribution in [2.24, 2.45) is 0 Å². The van der Waals surface area contributed by atoms with Gasteiger partial charge in [0.15, 0.2) is 5.65 Å². The highest BCUT2D eigenvalue weighted by Gasteiger charge is 2.21. The Morgan fingerprint density at radius 3 is 2.52 bits per heavy atom. The number of fused-ring (bicyclic) bond motifs is 1. The zero-order valence-corrected chi connectivity index (χ0v) is 16.6. The molecule has 152 valence electrons. The summed E-state index contributed by atoms with van der Waals surface area (Å²) in [6.45, 7) is 6.45. The Labute approximate surface area is 169 Å². The van der Waals surface area contributed by atoms with E-state index in [4.69, 9.17) is 0 Å². The quantitative estimate of drug-likeness (QED) is 0.670. The molecular formula is C21H26N6O2. The van der Waals surface area contributed by atoms with Gasteiger partial charge in [0.05, 0.1) is 0 Å². The van der Waals surface area contributed by atoms with Gasteiger partial charge in [0.25, 0.3) is 0 Å². The van der Waals surface area contributed by atoms with Gasteiger partial charge in [0.1, 0.15) is 6.54 Å². The molecule has 0 spiro atoms. The highest BCUT2D eigenvalue weighted by molar-refractivity contribution is 5.75. The summed E-state index contributed by atoms with van der Waals surface area (Å²) in [6.07, 6.45) is 1.65. The maximum absolute atomic E-state index is 12.3. The number of benzene rings is 1. The van der Waals surface area contributed by atoms with Crippen molar-refractivity contribution < 1.29 is 4.79 Å². The summed E-state index contributed by atoms with van der Waals surface area (Å²) < 4.78 is 2.64. The fourth-order valence-electron chi connectivity index (χ4n) is 3.71. The van der Waals surface area contributed by atoms with Crippen molar-refractivity contribution in [3.05, 3.63) is 65.2 Å². The van der Waals surface area contributed by atoms with E-state index in [1.807, 2.05) is 12.1 Å². The van der Waals surface area contributed by atoms with Crippen LogP contribution in [0.2, 0.25) is 0 Å². The van der Waals surface area contributed by atoms with Gasteiger partial charge in [-0.05, 0) is 31.2 Å². The highest BCUT2D eigenvalue weighted by Crippen LogP contribution is 2.16. The van der Waals surface area contributed by atoms with E-state index < -0.39 is 0 Å². The van der Waals surface area contributed by atoms with E-state index in [9.17, 15) is 9.59 Å². The van der Waals surface area contributed by atoms with Crippen molar-refractivity contribution in [2.75, 3.05) is 37.6 Å². The minimum absolute atomic E-state index is 0.0744. The number of carbonyl (C=O) groups is 1. The van der Waals surface area contributed by atoms with Crippen molar-refractivity contribution >= 4 is 17.2 Å². The average Bonchev–Trinajstić information content (AvgIpc) is 3.08. The molecule has 1 saturated heterocycles. The lowest BCUT2D eigenvalue weighted by atomic mass is 10.2. The molecule has 1 amide bonds. The molecule has 3 aromatic rings. The summed E-state index contributed by atoms with van der Waals surface area (Å²) in [5.41, 5.74) is 1.49. The molecule has 1 unspecified atom stereocenters. The van der Waals surface area contributed by atoms with E-state index in [2.05, 4.69) is 51.4 Å². The number of hydrogen-bond acceptors (Lipinski definition) is 5. The predicted octanol–water partition coefficient (Wildman–Crippen LogP) is 0.823. The first-order valence-electron chi connectivity index (χ1n) is 9.97. The number of amides is 1. The van der Waals surface area contributed by atoms with Gasteiger partial charge in [-0.3, -0.25) is 14.1 Å². The van der Waals surface area contributed by atoms with Crippen LogP contribution in [0, 0.1) is 0 Å². The molecule has 4 rings (SSSR count). The molecule has 3 heterocycles. The second-order valence-electron chi connectivity index (χ2n) is 7.38. The van der Waals surface area contributed by atoms with Crippen LogP contribution in [0.4, 0.5) is 5.69 Å². The van der Waals surface area contributed by atoms with Gasteiger partial charge in [-0.2, -0.15) is 0 Å². The Balaban J connectivity index is 1.26. The summed E-state index contributed by atoms with van der Waals surface area (Å²) in [4.78, 5) is 29.4. The summed E-state index contributed by atoms with van der Waals surface area (Å²) in [6, 6.07) is 16.0. The van der Waals surface area contributed by atoms with Crippen LogP contribution in [-0.2, 0) is 11.3 Å². The van der Waals surface area contributed by atoms with Gasteiger partial charge < -0.3 is 10.2 Å². The zero-order valence-electron chi connectivity index (χ0n) is 16.6. The van der Waals surface area contributed by atoms with Crippen LogP contribution >= 0.6 is 0 Å². The van der Waals surface area contributed by atoms with Crippen LogP contribution in [-0.4, -0.2) is 63.8 Å². The number of pyridine rings is 1. The number of nitrogens with one attached hydrogen (secondary N) is 1. The van der Waals surface area contributed by atoms with E-state index in [1.165, 1.54) is 14.8 Å². The number of piperazine rings is 1.